The van der Waals surface area contributed by atoms with Crippen LogP contribution in [-0.2, 0) is 17.5 Å². The van der Waals surface area contributed by atoms with E-state index in [1.807, 2.05) is 0 Å². The summed E-state index contributed by atoms with van der Waals surface area (Å²) in [4.78, 5) is 29.1. The van der Waals surface area contributed by atoms with Gasteiger partial charge in [-0.1, -0.05) is 18.2 Å². The molecule has 3 aromatic rings. The number of nitrogens with zero attached hydrogens (tertiary/aromatic N) is 2. The normalized spacial score (nSPS) is 12.6. The van der Waals surface area contributed by atoms with E-state index in [1.165, 1.54) is 20.1 Å². The van der Waals surface area contributed by atoms with E-state index in [2.05, 4.69) is 10.3 Å². The lowest BCUT2D eigenvalue weighted by Gasteiger charge is -2.20. The van der Waals surface area contributed by atoms with Gasteiger partial charge in [-0.2, -0.15) is 13.2 Å². The minimum Gasteiger partial charge on any atom is -0.496 e. The number of aryl methyl sites for hydroxylation is 2. The van der Waals surface area contributed by atoms with Gasteiger partial charge in [0.15, 0.2) is 0 Å². The van der Waals surface area contributed by atoms with Gasteiger partial charge in [-0.3, -0.25) is 14.2 Å². The second-order valence-electron chi connectivity index (χ2n) is 7.26. The number of nitrogens with one attached hydrogen (secondary N) is 1. The fourth-order valence-electron chi connectivity index (χ4n) is 3.33. The number of carbonyl (C=O) groups is 1. The monoisotopic (exact) mass is 433 g/mol. The number of ether oxygens (including phenoxy) is 1. The topological polar surface area (TPSA) is 73.2 Å². The van der Waals surface area contributed by atoms with Gasteiger partial charge in [-0.25, -0.2) is 4.98 Å². The van der Waals surface area contributed by atoms with Crippen molar-refractivity contribution in [2.75, 3.05) is 7.11 Å². The van der Waals surface area contributed by atoms with Gasteiger partial charge in [-0.05, 0) is 50.1 Å². The maximum Gasteiger partial charge on any atom is 0.438 e. The summed E-state index contributed by atoms with van der Waals surface area (Å²) in [6.45, 7) is 4.99. The molecule has 0 bridgehead atoms. The number of rotatable bonds is 5. The fourth-order valence-corrected chi connectivity index (χ4v) is 3.33. The zero-order chi connectivity index (χ0) is 22.9. The van der Waals surface area contributed by atoms with E-state index in [4.69, 9.17) is 4.74 Å². The molecule has 0 unspecified atom stereocenters. The lowest BCUT2D eigenvalue weighted by Crippen LogP contribution is -2.39. The summed E-state index contributed by atoms with van der Waals surface area (Å²) >= 11 is 0. The number of halogens is 3. The summed E-state index contributed by atoms with van der Waals surface area (Å²) in [6, 6.07) is 8.89. The molecule has 9 heteroatoms. The van der Waals surface area contributed by atoms with Crippen molar-refractivity contribution in [2.45, 2.75) is 39.5 Å². The van der Waals surface area contributed by atoms with Gasteiger partial charge in [0.1, 0.15) is 11.8 Å². The van der Waals surface area contributed by atoms with Crippen molar-refractivity contribution in [1.82, 2.24) is 14.9 Å². The molecule has 1 N–H and O–H groups in total. The van der Waals surface area contributed by atoms with Crippen LogP contribution in [0, 0.1) is 13.8 Å². The van der Waals surface area contributed by atoms with Crippen LogP contribution in [0.5, 0.6) is 5.75 Å². The van der Waals surface area contributed by atoms with Crippen LogP contribution in [0.15, 0.2) is 41.2 Å². The highest BCUT2D eigenvalue weighted by Gasteiger charge is 2.38. The van der Waals surface area contributed by atoms with E-state index >= 15 is 0 Å². The molecule has 0 aliphatic heterocycles. The van der Waals surface area contributed by atoms with Crippen LogP contribution in [-0.4, -0.2) is 22.6 Å². The van der Waals surface area contributed by atoms with Crippen LogP contribution < -0.4 is 15.6 Å². The first-order chi connectivity index (χ1) is 14.5. The molecule has 1 heterocycles. The number of hydrogen-bond acceptors (Lipinski definition) is 4. The Labute approximate surface area is 176 Å². The largest absolute Gasteiger partial charge is 0.496 e. The van der Waals surface area contributed by atoms with E-state index in [9.17, 15) is 22.8 Å². The molecule has 2 aromatic carbocycles. The minimum absolute atomic E-state index is 0.000552. The highest BCUT2D eigenvalue weighted by molar-refractivity contribution is 5.84. The number of fused-ring (bicyclic) bond motifs is 1. The zero-order valence-corrected chi connectivity index (χ0v) is 17.5. The Morgan fingerprint density at radius 2 is 1.84 bits per heavy atom. The molecule has 0 aliphatic rings. The summed E-state index contributed by atoms with van der Waals surface area (Å²) in [5.74, 6) is -0.0423. The molecule has 164 valence electrons. The maximum atomic E-state index is 13.5. The Morgan fingerprint density at radius 3 is 2.48 bits per heavy atom. The van der Waals surface area contributed by atoms with Gasteiger partial charge in [0.2, 0.25) is 11.6 Å². The minimum atomic E-state index is -4.95. The van der Waals surface area contributed by atoms with Gasteiger partial charge >= 0.3 is 6.18 Å². The molecule has 31 heavy (non-hydrogen) atoms. The van der Waals surface area contributed by atoms with Crippen molar-refractivity contribution in [3.63, 3.8) is 0 Å². The summed E-state index contributed by atoms with van der Waals surface area (Å²) in [5, 5.41) is 2.67. The summed E-state index contributed by atoms with van der Waals surface area (Å²) in [7, 11) is 1.49. The van der Waals surface area contributed by atoms with E-state index in [1.54, 1.807) is 44.2 Å². The highest BCUT2D eigenvalue weighted by atomic mass is 19.4. The van der Waals surface area contributed by atoms with E-state index < -0.39 is 29.4 Å². The number of para-hydroxylation sites is 1. The number of hydrogen-bond donors (Lipinski definition) is 1. The molecule has 1 atom stereocenters. The molecule has 1 aromatic heterocycles. The summed E-state index contributed by atoms with van der Waals surface area (Å²) in [6.07, 6.45) is -4.95. The van der Waals surface area contributed by atoms with Crippen molar-refractivity contribution in [1.29, 1.82) is 0 Å². The highest BCUT2D eigenvalue weighted by Crippen LogP contribution is 2.28. The number of aromatic nitrogens is 2. The Bertz CT molecular complexity index is 1200. The number of alkyl halides is 3. The molecule has 0 radical (unpaired) electrons. The number of carbonyl (C=O) groups excluding carboxylic acids is 1. The average molecular weight is 433 g/mol. The SMILES string of the molecule is COc1ccccc1CNC(=O)[C@H](C)n1c(=O)c(C(F)(F)F)nc2cc(C)c(C)cc21. The van der Waals surface area contributed by atoms with Crippen LogP contribution >= 0.6 is 0 Å². The molecule has 6 nitrogen and oxygen atoms in total. The molecule has 0 aliphatic carbocycles. The van der Waals surface area contributed by atoms with Crippen LogP contribution in [0.2, 0.25) is 0 Å². The van der Waals surface area contributed by atoms with Gasteiger partial charge in [-0.15, -0.1) is 0 Å². The Morgan fingerprint density at radius 1 is 1.19 bits per heavy atom. The quantitative estimate of drug-likeness (QED) is 0.662. The van der Waals surface area contributed by atoms with Gasteiger partial charge in [0.25, 0.3) is 5.56 Å². The summed E-state index contributed by atoms with van der Waals surface area (Å²) in [5.41, 5.74) is -0.549. The van der Waals surface area contributed by atoms with Gasteiger partial charge < -0.3 is 10.1 Å². The van der Waals surface area contributed by atoms with Crippen molar-refractivity contribution in [3.8, 4) is 5.75 Å². The standard InChI is InChI=1S/C22H22F3N3O3/c1-12-9-16-17(10-13(12)2)28(21(30)19(27-16)22(23,24)25)14(3)20(29)26-11-15-7-5-6-8-18(15)31-4/h5-10,14H,11H2,1-4H3,(H,26,29)/t14-/m0/s1. The van der Waals surface area contributed by atoms with E-state index in [0.717, 1.165) is 15.7 Å². The van der Waals surface area contributed by atoms with Crippen LogP contribution in [0.4, 0.5) is 13.2 Å². The first kappa shape index (κ1) is 22.3. The Kier molecular flexibility index (Phi) is 6.06. The van der Waals surface area contributed by atoms with Gasteiger partial charge in [0.05, 0.1) is 18.1 Å². The zero-order valence-electron chi connectivity index (χ0n) is 17.5. The number of methoxy groups -OCH3 is 1. The maximum absolute atomic E-state index is 13.5. The fraction of sp³-hybridized carbons (Fsp3) is 0.318. The van der Waals surface area contributed by atoms with E-state index in [0.29, 0.717) is 11.3 Å². The average Bonchev–Trinajstić information content (AvgIpc) is 2.71. The van der Waals surface area contributed by atoms with Crippen molar-refractivity contribution in [3.05, 3.63) is 69.1 Å². The first-order valence-corrected chi connectivity index (χ1v) is 9.55. The second kappa shape index (κ2) is 8.41. The summed E-state index contributed by atoms with van der Waals surface area (Å²) < 4.78 is 46.5. The predicted molar refractivity (Wildman–Crippen MR) is 110 cm³/mol. The molecular weight excluding hydrogens is 411 g/mol. The van der Waals surface area contributed by atoms with Crippen LogP contribution in [0.3, 0.4) is 0 Å². The van der Waals surface area contributed by atoms with Crippen LogP contribution in [0.25, 0.3) is 11.0 Å². The first-order valence-electron chi connectivity index (χ1n) is 9.55. The Balaban J connectivity index is 2.05. The molecule has 3 rings (SSSR count). The molecule has 0 saturated heterocycles. The number of amides is 1. The third-order valence-electron chi connectivity index (χ3n) is 5.18. The number of benzene rings is 2. The van der Waals surface area contributed by atoms with E-state index in [-0.39, 0.29) is 17.6 Å². The van der Waals surface area contributed by atoms with Crippen molar-refractivity contribution >= 4 is 16.9 Å². The molecule has 0 spiro atoms. The lowest BCUT2D eigenvalue weighted by molar-refractivity contribution is -0.142. The van der Waals surface area contributed by atoms with Crippen molar-refractivity contribution in [2.24, 2.45) is 0 Å². The predicted octanol–water partition coefficient (Wildman–Crippen LogP) is 3.92. The van der Waals surface area contributed by atoms with Crippen molar-refractivity contribution < 1.29 is 22.7 Å². The third-order valence-corrected chi connectivity index (χ3v) is 5.18. The lowest BCUT2D eigenvalue weighted by atomic mass is 10.1. The van der Waals surface area contributed by atoms with Gasteiger partial charge in [0, 0.05) is 12.1 Å². The Hall–Kier alpha value is -3.36. The third kappa shape index (κ3) is 4.40. The molecule has 1 amide bonds. The molecular formula is C22H22F3N3O3. The molecule has 0 saturated carbocycles. The molecule has 0 fully saturated rings. The second-order valence-corrected chi connectivity index (χ2v) is 7.26. The van der Waals surface area contributed by atoms with Crippen LogP contribution in [0.1, 0.15) is 35.3 Å². The smallest absolute Gasteiger partial charge is 0.438 e.